The maximum atomic E-state index is 6.18. The molecule has 0 aliphatic rings. The first-order valence-electron chi connectivity index (χ1n) is 14.4. The summed E-state index contributed by atoms with van der Waals surface area (Å²) < 4.78 is 12.4. The average molecular weight is 539 g/mol. The van der Waals surface area contributed by atoms with Crippen LogP contribution < -0.4 is 20.1 Å². The topological polar surface area (TPSA) is 68.3 Å². The van der Waals surface area contributed by atoms with Crippen molar-refractivity contribution in [1.82, 2.24) is 20.6 Å². The van der Waals surface area contributed by atoms with E-state index in [1.54, 1.807) is 0 Å². The molecule has 0 aliphatic carbocycles. The highest BCUT2D eigenvalue weighted by Crippen LogP contribution is 2.35. The number of aromatic nitrogens is 2. The van der Waals surface area contributed by atoms with E-state index >= 15 is 0 Å². The molecule has 0 spiro atoms. The lowest BCUT2D eigenvalue weighted by Gasteiger charge is -2.17. The Kier molecular flexibility index (Phi) is 12.0. The first-order chi connectivity index (χ1) is 19.7. The van der Waals surface area contributed by atoms with E-state index in [0.29, 0.717) is 13.2 Å². The van der Waals surface area contributed by atoms with Crippen molar-refractivity contribution in [2.75, 3.05) is 39.4 Å². The van der Waals surface area contributed by atoms with Gasteiger partial charge in [-0.15, -0.1) is 0 Å². The van der Waals surface area contributed by atoms with Crippen molar-refractivity contribution in [3.05, 3.63) is 108 Å². The molecule has 210 valence electrons. The van der Waals surface area contributed by atoms with E-state index in [4.69, 9.17) is 9.47 Å². The molecule has 0 aliphatic heterocycles. The number of nitrogens with one attached hydrogen (secondary N) is 2. The van der Waals surface area contributed by atoms with Crippen LogP contribution in [0.2, 0.25) is 0 Å². The smallest absolute Gasteiger partial charge is 0.122 e. The highest BCUT2D eigenvalue weighted by atomic mass is 16.5. The second-order valence-corrected chi connectivity index (χ2v) is 9.97. The zero-order chi connectivity index (χ0) is 27.8. The number of rotatable bonds is 17. The lowest BCUT2D eigenvalue weighted by molar-refractivity contribution is 0.306. The average Bonchev–Trinajstić information content (AvgIpc) is 2.99. The van der Waals surface area contributed by atoms with Crippen LogP contribution in [-0.2, 0) is 12.8 Å². The van der Waals surface area contributed by atoms with E-state index in [0.717, 1.165) is 74.5 Å². The number of hydrogen-bond acceptors (Lipinski definition) is 6. The fourth-order valence-electron chi connectivity index (χ4n) is 4.70. The van der Waals surface area contributed by atoms with Crippen molar-refractivity contribution in [2.24, 2.45) is 0 Å². The SMILES string of the molecule is Cc1c(OCCCNCCc2ccncc2)cccc1-c1cccc(OCCCNCCc2ccncc2)c1C. The summed E-state index contributed by atoms with van der Waals surface area (Å²) in [5, 5.41) is 7.01. The molecule has 0 bridgehead atoms. The Labute approximate surface area is 239 Å². The Bertz CT molecular complexity index is 1180. The van der Waals surface area contributed by atoms with Crippen LogP contribution in [0.4, 0.5) is 0 Å². The van der Waals surface area contributed by atoms with Crippen LogP contribution in [0.25, 0.3) is 11.1 Å². The molecule has 2 N–H and O–H groups in total. The number of pyridine rings is 2. The third-order valence-corrected chi connectivity index (χ3v) is 7.05. The number of nitrogens with zero attached hydrogens (tertiary/aromatic N) is 2. The first kappa shape index (κ1) is 29.2. The summed E-state index contributed by atoms with van der Waals surface area (Å²) in [5.74, 6) is 1.88. The van der Waals surface area contributed by atoms with Crippen molar-refractivity contribution in [3.8, 4) is 22.6 Å². The van der Waals surface area contributed by atoms with Gasteiger partial charge in [0.25, 0.3) is 0 Å². The van der Waals surface area contributed by atoms with E-state index in [1.807, 2.05) is 24.8 Å². The predicted molar refractivity (Wildman–Crippen MR) is 163 cm³/mol. The van der Waals surface area contributed by atoms with Gasteiger partial charge in [-0.05, 0) is 135 Å². The van der Waals surface area contributed by atoms with Crippen molar-refractivity contribution in [1.29, 1.82) is 0 Å². The summed E-state index contributed by atoms with van der Waals surface area (Å²) >= 11 is 0. The largest absolute Gasteiger partial charge is 0.493 e. The molecule has 2 heterocycles. The Morgan fingerprint density at radius 3 is 1.40 bits per heavy atom. The van der Waals surface area contributed by atoms with Gasteiger partial charge in [-0.3, -0.25) is 9.97 Å². The first-order valence-corrected chi connectivity index (χ1v) is 14.4. The fourth-order valence-corrected chi connectivity index (χ4v) is 4.70. The third-order valence-electron chi connectivity index (χ3n) is 7.05. The van der Waals surface area contributed by atoms with Gasteiger partial charge in [0.05, 0.1) is 13.2 Å². The van der Waals surface area contributed by atoms with Crippen LogP contribution in [0.1, 0.15) is 35.1 Å². The van der Waals surface area contributed by atoms with Gasteiger partial charge in [-0.2, -0.15) is 0 Å². The van der Waals surface area contributed by atoms with Gasteiger partial charge in [0.1, 0.15) is 11.5 Å². The van der Waals surface area contributed by atoms with E-state index < -0.39 is 0 Å². The van der Waals surface area contributed by atoms with Gasteiger partial charge in [-0.1, -0.05) is 24.3 Å². The highest BCUT2D eigenvalue weighted by Gasteiger charge is 2.12. The fraction of sp³-hybridized carbons (Fsp3) is 0.353. The monoisotopic (exact) mass is 538 g/mol. The second-order valence-electron chi connectivity index (χ2n) is 9.97. The number of ether oxygens (including phenoxy) is 2. The summed E-state index contributed by atoms with van der Waals surface area (Å²) in [5.41, 5.74) is 7.31. The normalized spacial score (nSPS) is 10.9. The van der Waals surface area contributed by atoms with Crippen LogP contribution in [0.5, 0.6) is 11.5 Å². The Morgan fingerprint density at radius 1 is 0.550 bits per heavy atom. The molecule has 0 saturated carbocycles. The summed E-state index contributed by atoms with van der Waals surface area (Å²) in [6.07, 6.45) is 11.3. The Morgan fingerprint density at radius 2 is 0.975 bits per heavy atom. The van der Waals surface area contributed by atoms with E-state index in [9.17, 15) is 0 Å². The van der Waals surface area contributed by atoms with Crippen LogP contribution in [0.15, 0.2) is 85.5 Å². The van der Waals surface area contributed by atoms with E-state index in [1.165, 1.54) is 22.3 Å². The minimum absolute atomic E-state index is 0.686. The molecule has 0 saturated heterocycles. The second kappa shape index (κ2) is 16.4. The zero-order valence-electron chi connectivity index (χ0n) is 23.9. The number of benzene rings is 2. The van der Waals surface area contributed by atoms with Gasteiger partial charge in [0.2, 0.25) is 0 Å². The number of hydrogen-bond donors (Lipinski definition) is 2. The molecule has 6 heteroatoms. The van der Waals surface area contributed by atoms with Gasteiger partial charge in [0.15, 0.2) is 0 Å². The Balaban J connectivity index is 1.19. The van der Waals surface area contributed by atoms with Crippen molar-refractivity contribution < 1.29 is 9.47 Å². The molecule has 4 rings (SSSR count). The van der Waals surface area contributed by atoms with Gasteiger partial charge < -0.3 is 20.1 Å². The highest BCUT2D eigenvalue weighted by molar-refractivity contribution is 5.74. The van der Waals surface area contributed by atoms with Gasteiger partial charge >= 0.3 is 0 Å². The maximum absolute atomic E-state index is 6.18. The third kappa shape index (κ3) is 9.18. The van der Waals surface area contributed by atoms with Crippen LogP contribution in [0, 0.1) is 13.8 Å². The summed E-state index contributed by atoms with van der Waals surface area (Å²) in [4.78, 5) is 8.14. The minimum atomic E-state index is 0.686. The van der Waals surface area contributed by atoms with Crippen LogP contribution in [-0.4, -0.2) is 49.4 Å². The quantitative estimate of drug-likeness (QED) is 0.162. The zero-order valence-corrected chi connectivity index (χ0v) is 23.9. The summed E-state index contributed by atoms with van der Waals surface area (Å²) in [7, 11) is 0. The van der Waals surface area contributed by atoms with Crippen molar-refractivity contribution >= 4 is 0 Å². The molecule has 0 unspecified atom stereocenters. The predicted octanol–water partition coefficient (Wildman–Crippen LogP) is 5.96. The molecule has 4 aromatic rings. The summed E-state index contributed by atoms with van der Waals surface area (Å²) in [6.45, 7) is 9.43. The lowest BCUT2D eigenvalue weighted by atomic mass is 9.95. The molecule has 0 amide bonds. The molecular formula is C34H42N4O2. The minimum Gasteiger partial charge on any atom is -0.493 e. The summed E-state index contributed by atoms with van der Waals surface area (Å²) in [6, 6.07) is 20.9. The maximum Gasteiger partial charge on any atom is 0.122 e. The van der Waals surface area contributed by atoms with Crippen LogP contribution >= 0.6 is 0 Å². The Hall–Kier alpha value is -3.74. The molecular weight excluding hydrogens is 496 g/mol. The van der Waals surface area contributed by atoms with Gasteiger partial charge in [-0.25, -0.2) is 0 Å². The molecule has 0 radical (unpaired) electrons. The molecule has 2 aromatic carbocycles. The van der Waals surface area contributed by atoms with E-state index in [2.05, 4.69) is 95.1 Å². The molecule has 0 fully saturated rings. The van der Waals surface area contributed by atoms with E-state index in [-0.39, 0.29) is 0 Å². The lowest BCUT2D eigenvalue weighted by Crippen LogP contribution is -2.20. The van der Waals surface area contributed by atoms with Crippen LogP contribution in [0.3, 0.4) is 0 Å². The molecule has 0 atom stereocenters. The van der Waals surface area contributed by atoms with Gasteiger partial charge in [0, 0.05) is 24.8 Å². The van der Waals surface area contributed by atoms with Crippen molar-refractivity contribution in [2.45, 2.75) is 39.5 Å². The molecule has 2 aromatic heterocycles. The molecule has 40 heavy (non-hydrogen) atoms. The molecule has 6 nitrogen and oxygen atoms in total. The standard InChI is InChI=1S/C34H42N4O2/c1-27-31(7-3-9-33(27)39-25-5-17-35-19-11-29-13-21-37-22-14-29)32-8-4-10-34(28(32)2)40-26-6-18-36-20-12-30-15-23-38-24-16-30/h3-4,7-10,13-16,21-24,35-36H,5-6,11-12,17-20,25-26H2,1-2H3. The van der Waals surface area contributed by atoms with Crippen molar-refractivity contribution in [3.63, 3.8) is 0 Å².